The van der Waals surface area contributed by atoms with Gasteiger partial charge in [0.15, 0.2) is 0 Å². The number of ether oxygens (including phenoxy) is 2. The molecule has 0 unspecified atom stereocenters. The molecule has 6 heteroatoms. The van der Waals surface area contributed by atoms with E-state index in [1.54, 1.807) is 20.4 Å². The standard InChI is InChI=1S/C11H12N4O2/c1-16-10-3-4-11(17-2)9(5-10)6-14-15-7-12-13-8-15/h3-8H,1-2H3. The van der Waals surface area contributed by atoms with Crippen molar-refractivity contribution in [3.05, 3.63) is 36.4 Å². The van der Waals surface area contributed by atoms with E-state index < -0.39 is 0 Å². The molecule has 1 heterocycles. The number of hydrogen-bond acceptors (Lipinski definition) is 5. The lowest BCUT2D eigenvalue weighted by Crippen LogP contribution is -1.94. The molecule has 0 aliphatic rings. The van der Waals surface area contributed by atoms with Gasteiger partial charge in [-0.2, -0.15) is 5.10 Å². The van der Waals surface area contributed by atoms with Crippen LogP contribution >= 0.6 is 0 Å². The molecule has 0 radical (unpaired) electrons. The Hall–Kier alpha value is -2.37. The van der Waals surface area contributed by atoms with E-state index in [1.807, 2.05) is 18.2 Å². The van der Waals surface area contributed by atoms with Gasteiger partial charge in [0.2, 0.25) is 0 Å². The van der Waals surface area contributed by atoms with Crippen molar-refractivity contribution in [3.63, 3.8) is 0 Å². The maximum atomic E-state index is 5.23. The molecule has 0 fully saturated rings. The first-order valence-corrected chi connectivity index (χ1v) is 4.94. The van der Waals surface area contributed by atoms with Crippen LogP contribution < -0.4 is 9.47 Å². The molecule has 2 aromatic rings. The molecule has 2 rings (SSSR count). The third-order valence-electron chi connectivity index (χ3n) is 2.17. The van der Waals surface area contributed by atoms with Gasteiger partial charge in [-0.15, -0.1) is 10.2 Å². The van der Waals surface area contributed by atoms with Crippen LogP contribution in [0.15, 0.2) is 36.0 Å². The van der Waals surface area contributed by atoms with Crippen molar-refractivity contribution >= 4 is 6.21 Å². The summed E-state index contributed by atoms with van der Waals surface area (Å²) in [7, 11) is 3.22. The van der Waals surface area contributed by atoms with Gasteiger partial charge in [-0.05, 0) is 18.2 Å². The van der Waals surface area contributed by atoms with Crippen LogP contribution in [-0.2, 0) is 0 Å². The highest BCUT2D eigenvalue weighted by Crippen LogP contribution is 2.22. The molecule has 0 spiro atoms. The second-order valence-corrected chi connectivity index (χ2v) is 3.19. The average molecular weight is 232 g/mol. The zero-order valence-electron chi connectivity index (χ0n) is 9.57. The molecule has 0 atom stereocenters. The molecule has 88 valence electrons. The van der Waals surface area contributed by atoms with Crippen LogP contribution in [0, 0.1) is 0 Å². The monoisotopic (exact) mass is 232 g/mol. The summed E-state index contributed by atoms with van der Waals surface area (Å²) < 4.78 is 11.9. The fourth-order valence-corrected chi connectivity index (χ4v) is 1.32. The fourth-order valence-electron chi connectivity index (χ4n) is 1.32. The Balaban J connectivity index is 2.29. The van der Waals surface area contributed by atoms with Gasteiger partial charge in [-0.25, -0.2) is 4.68 Å². The largest absolute Gasteiger partial charge is 0.497 e. The summed E-state index contributed by atoms with van der Waals surface area (Å²) in [5.41, 5.74) is 0.820. The summed E-state index contributed by atoms with van der Waals surface area (Å²) in [6, 6.07) is 5.49. The van der Waals surface area contributed by atoms with Gasteiger partial charge in [0.05, 0.1) is 20.4 Å². The van der Waals surface area contributed by atoms with Crippen molar-refractivity contribution in [3.8, 4) is 11.5 Å². The van der Waals surface area contributed by atoms with Gasteiger partial charge in [-0.3, -0.25) is 0 Å². The minimum Gasteiger partial charge on any atom is -0.497 e. The summed E-state index contributed by atoms with van der Waals surface area (Å²) >= 11 is 0. The summed E-state index contributed by atoms with van der Waals surface area (Å²) in [6.07, 6.45) is 4.66. The predicted octanol–water partition coefficient (Wildman–Crippen LogP) is 1.18. The summed E-state index contributed by atoms with van der Waals surface area (Å²) in [5.74, 6) is 1.47. The molecule has 0 aliphatic carbocycles. The van der Waals surface area contributed by atoms with Crippen LogP contribution in [-0.4, -0.2) is 35.3 Å². The third-order valence-corrected chi connectivity index (χ3v) is 2.17. The van der Waals surface area contributed by atoms with Gasteiger partial charge in [0.25, 0.3) is 0 Å². The SMILES string of the molecule is COc1ccc(OC)c(C=Nn2cnnc2)c1. The smallest absolute Gasteiger partial charge is 0.141 e. The first-order valence-electron chi connectivity index (χ1n) is 4.94. The highest BCUT2D eigenvalue weighted by atomic mass is 16.5. The molecule has 0 bridgehead atoms. The van der Waals surface area contributed by atoms with Crippen molar-refractivity contribution in [2.45, 2.75) is 0 Å². The Labute approximate surface area is 98.5 Å². The first kappa shape index (κ1) is 11.1. The Kier molecular flexibility index (Phi) is 3.34. The summed E-state index contributed by atoms with van der Waals surface area (Å²) in [5, 5.41) is 11.5. The molecule has 1 aromatic heterocycles. The second kappa shape index (κ2) is 5.11. The molecule has 17 heavy (non-hydrogen) atoms. The number of methoxy groups -OCH3 is 2. The lowest BCUT2D eigenvalue weighted by molar-refractivity contribution is 0.402. The van der Waals surface area contributed by atoms with Crippen molar-refractivity contribution in [2.75, 3.05) is 14.2 Å². The Morgan fingerprint density at radius 3 is 2.59 bits per heavy atom. The Morgan fingerprint density at radius 2 is 1.94 bits per heavy atom. The average Bonchev–Trinajstić information content (AvgIpc) is 2.89. The van der Waals surface area contributed by atoms with E-state index in [9.17, 15) is 0 Å². The van der Waals surface area contributed by atoms with Crippen molar-refractivity contribution in [2.24, 2.45) is 5.10 Å². The Bertz CT molecular complexity index is 508. The number of benzene rings is 1. The van der Waals surface area contributed by atoms with Gasteiger partial charge >= 0.3 is 0 Å². The number of nitrogens with zero attached hydrogens (tertiary/aromatic N) is 4. The van der Waals surface area contributed by atoms with Gasteiger partial charge in [-0.1, -0.05) is 0 Å². The molecule has 0 aliphatic heterocycles. The van der Waals surface area contributed by atoms with Crippen LogP contribution in [0.2, 0.25) is 0 Å². The quantitative estimate of drug-likeness (QED) is 0.742. The highest BCUT2D eigenvalue weighted by Gasteiger charge is 2.02. The molecule has 1 aromatic carbocycles. The topological polar surface area (TPSA) is 61.5 Å². The van der Waals surface area contributed by atoms with Crippen LogP contribution in [0.4, 0.5) is 0 Å². The summed E-state index contributed by atoms with van der Waals surface area (Å²) in [6.45, 7) is 0. The lowest BCUT2D eigenvalue weighted by atomic mass is 10.2. The maximum absolute atomic E-state index is 5.23. The molecule has 0 saturated heterocycles. The first-order chi connectivity index (χ1) is 8.33. The number of aromatic nitrogens is 3. The highest BCUT2D eigenvalue weighted by molar-refractivity contribution is 5.84. The van der Waals surface area contributed by atoms with Crippen molar-refractivity contribution in [1.82, 2.24) is 14.9 Å². The minimum atomic E-state index is 0.725. The number of rotatable bonds is 4. The van der Waals surface area contributed by atoms with E-state index in [-0.39, 0.29) is 0 Å². The zero-order chi connectivity index (χ0) is 12.1. The van der Waals surface area contributed by atoms with E-state index in [4.69, 9.17) is 9.47 Å². The Morgan fingerprint density at radius 1 is 1.18 bits per heavy atom. The van der Waals surface area contributed by atoms with Crippen LogP contribution in [0.3, 0.4) is 0 Å². The van der Waals surface area contributed by atoms with Crippen LogP contribution in [0.5, 0.6) is 11.5 Å². The van der Waals surface area contributed by atoms with Crippen molar-refractivity contribution in [1.29, 1.82) is 0 Å². The van der Waals surface area contributed by atoms with Gasteiger partial charge in [0, 0.05) is 5.56 Å². The molecule has 6 nitrogen and oxygen atoms in total. The second-order valence-electron chi connectivity index (χ2n) is 3.19. The zero-order valence-corrected chi connectivity index (χ0v) is 9.57. The fraction of sp³-hybridized carbons (Fsp3) is 0.182. The van der Waals surface area contributed by atoms with Crippen molar-refractivity contribution < 1.29 is 9.47 Å². The van der Waals surface area contributed by atoms with Crippen LogP contribution in [0.1, 0.15) is 5.56 Å². The molecule has 0 amide bonds. The summed E-state index contributed by atoms with van der Waals surface area (Å²) in [4.78, 5) is 0. The minimum absolute atomic E-state index is 0.725. The molecular weight excluding hydrogens is 220 g/mol. The van der Waals surface area contributed by atoms with Crippen LogP contribution in [0.25, 0.3) is 0 Å². The molecular formula is C11H12N4O2. The molecule has 0 saturated carbocycles. The van der Waals surface area contributed by atoms with E-state index in [2.05, 4.69) is 15.3 Å². The lowest BCUT2D eigenvalue weighted by Gasteiger charge is -2.06. The number of hydrogen-bond donors (Lipinski definition) is 0. The van der Waals surface area contributed by atoms with E-state index in [0.29, 0.717) is 0 Å². The van der Waals surface area contributed by atoms with Gasteiger partial charge in [0.1, 0.15) is 24.2 Å². The van der Waals surface area contributed by atoms with Gasteiger partial charge < -0.3 is 9.47 Å². The predicted molar refractivity (Wildman–Crippen MR) is 62.6 cm³/mol. The molecule has 0 N–H and O–H groups in total. The maximum Gasteiger partial charge on any atom is 0.141 e. The van der Waals surface area contributed by atoms with E-state index in [0.717, 1.165) is 17.1 Å². The van der Waals surface area contributed by atoms with E-state index >= 15 is 0 Å². The third kappa shape index (κ3) is 2.60. The normalized spacial score (nSPS) is 10.7. The van der Waals surface area contributed by atoms with E-state index in [1.165, 1.54) is 17.3 Å².